The van der Waals surface area contributed by atoms with E-state index >= 15 is 0 Å². The average Bonchev–Trinajstić information content (AvgIpc) is 3.37. The van der Waals surface area contributed by atoms with Gasteiger partial charge in [-0.2, -0.15) is 0 Å². The maximum Gasteiger partial charge on any atom is 0.250 e. The molecule has 0 fully saturated rings. The van der Waals surface area contributed by atoms with Gasteiger partial charge in [-0.05, 0) is 60.8 Å². The fraction of sp³-hybridized carbons (Fsp3) is 0. The molecule has 0 unspecified atom stereocenters. The van der Waals surface area contributed by atoms with E-state index in [4.69, 9.17) is 21.1 Å². The van der Waals surface area contributed by atoms with E-state index < -0.39 is 5.91 Å². The van der Waals surface area contributed by atoms with Gasteiger partial charge >= 0.3 is 0 Å². The molecule has 144 valence electrons. The summed E-state index contributed by atoms with van der Waals surface area (Å²) < 4.78 is 10.8. The summed E-state index contributed by atoms with van der Waals surface area (Å²) in [6.07, 6.45) is 4.36. The van der Waals surface area contributed by atoms with Crippen molar-refractivity contribution in [2.24, 2.45) is 0 Å². The monoisotopic (exact) mass is 405 g/mol. The molecular formula is C21H15N3O4S. The van der Waals surface area contributed by atoms with E-state index in [-0.39, 0.29) is 16.8 Å². The van der Waals surface area contributed by atoms with E-state index in [1.54, 1.807) is 30.3 Å². The van der Waals surface area contributed by atoms with Crippen molar-refractivity contribution < 1.29 is 18.7 Å². The summed E-state index contributed by atoms with van der Waals surface area (Å²) in [5.74, 6) is 0.444. The number of furan rings is 1. The summed E-state index contributed by atoms with van der Waals surface area (Å²) >= 11 is 5.17. The second-order valence-corrected chi connectivity index (χ2v) is 6.42. The Labute approximate surface area is 170 Å². The van der Waals surface area contributed by atoms with Crippen LogP contribution < -0.4 is 10.6 Å². The lowest BCUT2D eigenvalue weighted by Gasteiger charge is -2.09. The van der Waals surface area contributed by atoms with Crippen LogP contribution in [-0.2, 0) is 4.79 Å². The van der Waals surface area contributed by atoms with Crippen LogP contribution >= 0.6 is 12.2 Å². The number of phenols is 1. The molecule has 29 heavy (non-hydrogen) atoms. The van der Waals surface area contributed by atoms with Gasteiger partial charge in [0.1, 0.15) is 17.0 Å². The van der Waals surface area contributed by atoms with Crippen molar-refractivity contribution in [3.8, 4) is 17.2 Å². The molecule has 0 spiro atoms. The van der Waals surface area contributed by atoms with Gasteiger partial charge in [0.2, 0.25) is 11.8 Å². The molecule has 0 bridgehead atoms. The number of anilines is 1. The van der Waals surface area contributed by atoms with E-state index in [1.165, 1.54) is 24.5 Å². The molecule has 0 atom stereocenters. The highest BCUT2D eigenvalue weighted by atomic mass is 32.1. The Hall–Kier alpha value is -3.91. The molecule has 0 aliphatic heterocycles. The lowest BCUT2D eigenvalue weighted by Crippen LogP contribution is -2.32. The highest BCUT2D eigenvalue weighted by molar-refractivity contribution is 7.80. The molecule has 7 nitrogen and oxygen atoms in total. The second kappa shape index (κ2) is 7.99. The number of hydrogen-bond acceptors (Lipinski definition) is 6. The van der Waals surface area contributed by atoms with E-state index in [0.29, 0.717) is 28.1 Å². The molecule has 1 amide bonds. The molecule has 2 heterocycles. The highest BCUT2D eigenvalue weighted by Gasteiger charge is 2.13. The number of fused-ring (bicyclic) bond motifs is 1. The molecule has 4 rings (SSSR count). The molecule has 0 saturated carbocycles. The highest BCUT2D eigenvalue weighted by Crippen LogP contribution is 2.33. The Balaban J connectivity index is 1.47. The summed E-state index contributed by atoms with van der Waals surface area (Å²) in [5, 5.41) is 15.7. The van der Waals surface area contributed by atoms with Crippen molar-refractivity contribution in [3.05, 3.63) is 72.7 Å². The molecule has 8 heteroatoms. The van der Waals surface area contributed by atoms with Crippen LogP contribution in [0.1, 0.15) is 5.76 Å². The third kappa shape index (κ3) is 4.33. The van der Waals surface area contributed by atoms with Crippen LogP contribution in [0, 0.1) is 0 Å². The maximum atomic E-state index is 11.9. The van der Waals surface area contributed by atoms with E-state index in [2.05, 4.69) is 15.6 Å². The van der Waals surface area contributed by atoms with Crippen LogP contribution in [0.5, 0.6) is 5.75 Å². The van der Waals surface area contributed by atoms with Crippen LogP contribution in [0.15, 0.2) is 75.8 Å². The average molecular weight is 405 g/mol. The Morgan fingerprint density at radius 3 is 2.79 bits per heavy atom. The number of aromatic hydroxyl groups is 1. The quantitative estimate of drug-likeness (QED) is 0.264. The second-order valence-electron chi connectivity index (χ2n) is 6.01. The number of aromatic nitrogens is 1. The number of hydrogen-bond donors (Lipinski definition) is 3. The van der Waals surface area contributed by atoms with Crippen LogP contribution in [0.25, 0.3) is 28.6 Å². The van der Waals surface area contributed by atoms with Crippen LogP contribution in [0.2, 0.25) is 0 Å². The Morgan fingerprint density at radius 2 is 2.00 bits per heavy atom. The van der Waals surface area contributed by atoms with E-state index in [9.17, 15) is 9.90 Å². The van der Waals surface area contributed by atoms with Crippen molar-refractivity contribution in [1.29, 1.82) is 0 Å². The van der Waals surface area contributed by atoms with Gasteiger partial charge in [0.15, 0.2) is 10.7 Å². The maximum absolute atomic E-state index is 11.9. The first kappa shape index (κ1) is 18.5. The minimum absolute atomic E-state index is 0.0124. The standard InChI is InChI=1S/C21H15N3O4S/c25-17-9-7-13(12-15(17)20-23-16-5-1-2-6-18(16)28-20)22-21(29)24-19(26)10-8-14-4-3-11-27-14/h1-12,25H,(H2,22,24,26,29). The molecule has 3 N–H and O–H groups in total. The van der Waals surface area contributed by atoms with Gasteiger partial charge in [-0.15, -0.1) is 0 Å². The van der Waals surface area contributed by atoms with Gasteiger partial charge in [-0.25, -0.2) is 4.98 Å². The minimum atomic E-state index is -0.406. The predicted molar refractivity (Wildman–Crippen MR) is 113 cm³/mol. The molecular weight excluding hydrogens is 390 g/mol. The number of para-hydroxylation sites is 2. The number of nitrogens with one attached hydrogen (secondary N) is 2. The largest absolute Gasteiger partial charge is 0.507 e. The number of amides is 1. The number of oxazole rings is 1. The van der Waals surface area contributed by atoms with Gasteiger partial charge < -0.3 is 19.3 Å². The Bertz CT molecular complexity index is 1180. The number of phenolic OH excluding ortho intramolecular Hbond substituents is 1. The zero-order valence-corrected chi connectivity index (χ0v) is 15.8. The number of rotatable bonds is 4. The summed E-state index contributed by atoms with van der Waals surface area (Å²) in [5.41, 5.74) is 2.26. The topological polar surface area (TPSA) is 101 Å². The van der Waals surface area contributed by atoms with E-state index in [1.807, 2.05) is 18.2 Å². The van der Waals surface area contributed by atoms with Crippen LogP contribution in [-0.4, -0.2) is 21.1 Å². The van der Waals surface area contributed by atoms with Crippen LogP contribution in [0.4, 0.5) is 5.69 Å². The number of nitrogens with zero attached hydrogens (tertiary/aromatic N) is 1. The molecule has 0 aliphatic carbocycles. The first-order valence-corrected chi connectivity index (χ1v) is 9.02. The fourth-order valence-corrected chi connectivity index (χ4v) is 2.85. The minimum Gasteiger partial charge on any atom is -0.507 e. The number of carbonyl (C=O) groups excluding carboxylic acids is 1. The molecule has 2 aromatic heterocycles. The van der Waals surface area contributed by atoms with E-state index in [0.717, 1.165) is 0 Å². The van der Waals surface area contributed by atoms with Gasteiger partial charge in [-0.1, -0.05) is 12.1 Å². The van der Waals surface area contributed by atoms with Crippen molar-refractivity contribution >= 4 is 46.1 Å². The normalized spacial score (nSPS) is 11.0. The first-order valence-electron chi connectivity index (χ1n) is 8.61. The zero-order chi connectivity index (χ0) is 20.2. The predicted octanol–water partition coefficient (Wildman–Crippen LogP) is 4.32. The van der Waals surface area contributed by atoms with Gasteiger partial charge in [0.25, 0.3) is 0 Å². The van der Waals surface area contributed by atoms with Gasteiger partial charge in [0, 0.05) is 11.8 Å². The van der Waals surface area contributed by atoms with Crippen molar-refractivity contribution in [2.75, 3.05) is 5.32 Å². The summed E-state index contributed by atoms with van der Waals surface area (Å²) in [6, 6.07) is 15.5. The lowest BCUT2D eigenvalue weighted by molar-refractivity contribution is -0.115. The van der Waals surface area contributed by atoms with Gasteiger partial charge in [-0.3, -0.25) is 10.1 Å². The number of thiocarbonyl (C=S) groups is 1. The third-order valence-corrected chi connectivity index (χ3v) is 4.16. The molecule has 4 aromatic rings. The smallest absolute Gasteiger partial charge is 0.250 e. The molecule has 0 radical (unpaired) electrons. The third-order valence-electron chi connectivity index (χ3n) is 3.96. The number of benzene rings is 2. The Morgan fingerprint density at radius 1 is 1.14 bits per heavy atom. The Kier molecular flexibility index (Phi) is 5.08. The van der Waals surface area contributed by atoms with Crippen molar-refractivity contribution in [1.82, 2.24) is 10.3 Å². The van der Waals surface area contributed by atoms with Crippen LogP contribution in [0.3, 0.4) is 0 Å². The SMILES string of the molecule is O=C(C=Cc1ccco1)NC(=S)Nc1ccc(O)c(-c2nc3ccccc3o2)c1. The summed E-state index contributed by atoms with van der Waals surface area (Å²) in [4.78, 5) is 16.3. The first-order chi connectivity index (χ1) is 14.1. The molecule has 0 aliphatic rings. The summed E-state index contributed by atoms with van der Waals surface area (Å²) in [7, 11) is 0. The lowest BCUT2D eigenvalue weighted by atomic mass is 10.1. The molecule has 0 saturated heterocycles. The van der Waals surface area contributed by atoms with Crippen molar-refractivity contribution in [2.45, 2.75) is 0 Å². The van der Waals surface area contributed by atoms with Gasteiger partial charge in [0.05, 0.1) is 11.8 Å². The van der Waals surface area contributed by atoms with Crippen molar-refractivity contribution in [3.63, 3.8) is 0 Å². The fourth-order valence-electron chi connectivity index (χ4n) is 2.63. The summed E-state index contributed by atoms with van der Waals surface area (Å²) in [6.45, 7) is 0. The number of carbonyl (C=O) groups is 1. The zero-order valence-electron chi connectivity index (χ0n) is 15.0. The molecule has 2 aromatic carbocycles.